The van der Waals surface area contributed by atoms with Crippen LogP contribution in [0, 0.1) is 29.9 Å². The zero-order valence-corrected chi connectivity index (χ0v) is 21.5. The largest absolute Gasteiger partial charge is 0.496 e. The van der Waals surface area contributed by atoms with Gasteiger partial charge in [-0.25, -0.2) is 0 Å². The number of hydrogen-bond donors (Lipinski definition) is 2. The third-order valence-corrected chi connectivity index (χ3v) is 7.88. The molecule has 37 heavy (non-hydrogen) atoms. The molecular weight excluding hydrogens is 474 g/mol. The average Bonchev–Trinajstić information content (AvgIpc) is 3.30. The van der Waals surface area contributed by atoms with Gasteiger partial charge < -0.3 is 34.1 Å². The van der Waals surface area contributed by atoms with Crippen molar-refractivity contribution in [3.8, 4) is 23.0 Å². The lowest BCUT2D eigenvalue weighted by Crippen LogP contribution is -2.53. The van der Waals surface area contributed by atoms with Crippen LogP contribution in [0.5, 0.6) is 23.0 Å². The minimum atomic E-state index is -2.06. The van der Waals surface area contributed by atoms with Crippen LogP contribution in [0.4, 0.5) is 0 Å². The topological polar surface area (TPSA) is 97.7 Å². The van der Waals surface area contributed by atoms with Crippen molar-refractivity contribution in [1.82, 2.24) is 4.90 Å². The molecule has 1 aliphatic heterocycles. The van der Waals surface area contributed by atoms with Crippen molar-refractivity contribution in [3.63, 3.8) is 0 Å². The second kappa shape index (κ2) is 9.02. The highest BCUT2D eigenvalue weighted by Crippen LogP contribution is 2.69. The van der Waals surface area contributed by atoms with Gasteiger partial charge in [-0.1, -0.05) is 30.4 Å². The molecule has 2 aromatic rings. The normalized spacial score (nSPS) is 31.1. The van der Waals surface area contributed by atoms with Crippen LogP contribution < -0.4 is 18.9 Å². The summed E-state index contributed by atoms with van der Waals surface area (Å²) < 4.78 is 23.2. The van der Waals surface area contributed by atoms with Crippen LogP contribution >= 0.6 is 0 Å². The summed E-state index contributed by atoms with van der Waals surface area (Å²) in [5.41, 5.74) is -2.96. The molecule has 194 valence electrons. The van der Waals surface area contributed by atoms with E-state index in [1.54, 1.807) is 38.4 Å². The van der Waals surface area contributed by atoms with Gasteiger partial charge in [0.25, 0.3) is 0 Å². The highest BCUT2D eigenvalue weighted by Gasteiger charge is 2.79. The third kappa shape index (κ3) is 3.34. The fourth-order valence-corrected chi connectivity index (χ4v) is 6.30. The first-order valence-corrected chi connectivity index (χ1v) is 12.1. The molecule has 1 heterocycles. The lowest BCUT2D eigenvalue weighted by molar-refractivity contribution is -0.161. The molecular formula is C29H31NO7. The number of aliphatic hydroxyl groups excluding tert-OH is 1. The number of amides is 1. The van der Waals surface area contributed by atoms with Crippen LogP contribution in [-0.2, 0) is 16.0 Å². The van der Waals surface area contributed by atoms with Crippen LogP contribution in [0.25, 0.3) is 0 Å². The molecule has 1 saturated carbocycles. The number of ether oxygens (including phenoxy) is 4. The molecule has 2 N–H and O–H groups in total. The average molecular weight is 506 g/mol. The van der Waals surface area contributed by atoms with Gasteiger partial charge in [0, 0.05) is 37.7 Å². The van der Waals surface area contributed by atoms with E-state index in [1.165, 1.54) is 26.2 Å². The minimum Gasteiger partial charge on any atom is -0.496 e. The maximum atomic E-state index is 13.7. The lowest BCUT2D eigenvalue weighted by Gasteiger charge is -2.42. The number of rotatable bonds is 6. The van der Waals surface area contributed by atoms with Gasteiger partial charge in [0.1, 0.15) is 23.4 Å². The maximum absolute atomic E-state index is 13.7. The first-order valence-electron chi connectivity index (χ1n) is 12.1. The van der Waals surface area contributed by atoms with Gasteiger partial charge >= 0.3 is 0 Å². The SMILES string of the molecule is COc1c#cc([C@@]23Oc4cc(OC)cc(OC)c4[C@]2(O)[C@H](O)[C@@H](C(=O)N(C)C)[C@@H]3C2C=CC=CC2)cc1. The van der Waals surface area contributed by atoms with E-state index in [4.69, 9.17) is 18.9 Å². The number of fused-ring (bicyclic) bond motifs is 3. The van der Waals surface area contributed by atoms with E-state index in [0.29, 0.717) is 29.2 Å². The predicted octanol–water partition coefficient (Wildman–Crippen LogP) is 2.62. The van der Waals surface area contributed by atoms with Crippen molar-refractivity contribution < 1.29 is 34.0 Å². The summed E-state index contributed by atoms with van der Waals surface area (Å²) in [6.07, 6.45) is 6.94. The first-order chi connectivity index (χ1) is 17.7. The summed E-state index contributed by atoms with van der Waals surface area (Å²) in [7, 11) is 7.81. The molecule has 3 aliphatic rings. The van der Waals surface area contributed by atoms with Crippen molar-refractivity contribution >= 4 is 5.91 Å². The highest BCUT2D eigenvalue weighted by molar-refractivity contribution is 5.81. The van der Waals surface area contributed by atoms with E-state index in [-0.39, 0.29) is 23.1 Å². The maximum Gasteiger partial charge on any atom is 0.228 e. The Hall–Kier alpha value is -3.67. The molecule has 0 aromatic heterocycles. The number of carbonyl (C=O) groups is 1. The highest BCUT2D eigenvalue weighted by atomic mass is 16.5. The number of allylic oxidation sites excluding steroid dienone is 4. The van der Waals surface area contributed by atoms with Crippen molar-refractivity contribution in [2.45, 2.75) is 23.7 Å². The van der Waals surface area contributed by atoms with Crippen molar-refractivity contribution in [2.24, 2.45) is 17.8 Å². The van der Waals surface area contributed by atoms with Gasteiger partial charge in [-0.15, -0.1) is 0 Å². The lowest BCUT2D eigenvalue weighted by atomic mass is 9.67. The summed E-state index contributed by atoms with van der Waals surface area (Å²) in [5.74, 6) is -0.703. The minimum absolute atomic E-state index is 0.236. The van der Waals surface area contributed by atoms with Crippen LogP contribution in [0.15, 0.2) is 48.6 Å². The van der Waals surface area contributed by atoms with Gasteiger partial charge in [-0.2, -0.15) is 0 Å². The Bertz CT molecular complexity index is 1250. The van der Waals surface area contributed by atoms with Crippen LogP contribution in [-0.4, -0.2) is 62.5 Å². The second-order valence-corrected chi connectivity index (χ2v) is 9.81. The summed E-state index contributed by atoms with van der Waals surface area (Å²) in [6, 6.07) is 12.8. The Labute approximate surface area is 216 Å². The van der Waals surface area contributed by atoms with E-state index in [0.717, 1.165) is 0 Å². The van der Waals surface area contributed by atoms with E-state index in [1.807, 2.05) is 24.3 Å². The zero-order chi connectivity index (χ0) is 26.5. The molecule has 2 aromatic carbocycles. The standard InChI is InChI=1S/C29H31NO7/c1-30(2)27(32)23-24(17-9-7-6-8-10-17)29(18-11-13-19(34-3)14-12-18)28(33,26(23)31)25-21(36-5)15-20(35-4)16-22(25)37-29/h6-9,11,13,15-17,23-24,26,31,33H,10H2,1-5H3/t17?,23-,24-,26+,28-,29-/m0/s1. The van der Waals surface area contributed by atoms with Crippen LogP contribution in [0.3, 0.4) is 0 Å². The van der Waals surface area contributed by atoms with Crippen molar-refractivity contribution in [1.29, 1.82) is 0 Å². The van der Waals surface area contributed by atoms with E-state index in [2.05, 4.69) is 12.1 Å². The number of hydrogen-bond acceptors (Lipinski definition) is 7. The Morgan fingerprint density at radius 1 is 1.11 bits per heavy atom. The van der Waals surface area contributed by atoms with Gasteiger partial charge in [0.15, 0.2) is 17.0 Å². The molecule has 1 amide bonds. The molecule has 2 aliphatic carbocycles. The number of nitrogens with zero attached hydrogens (tertiary/aromatic N) is 1. The molecule has 1 fully saturated rings. The van der Waals surface area contributed by atoms with Crippen molar-refractivity contribution in [2.75, 3.05) is 35.4 Å². The molecule has 1 unspecified atom stereocenters. The summed E-state index contributed by atoms with van der Waals surface area (Å²) in [5, 5.41) is 24.8. The first kappa shape index (κ1) is 25.0. The molecule has 0 radical (unpaired) electrons. The Balaban J connectivity index is 1.85. The number of aliphatic hydroxyl groups is 2. The Morgan fingerprint density at radius 2 is 1.89 bits per heavy atom. The van der Waals surface area contributed by atoms with Gasteiger partial charge in [-0.3, -0.25) is 4.79 Å². The fourth-order valence-electron chi connectivity index (χ4n) is 6.30. The van der Waals surface area contributed by atoms with Crippen molar-refractivity contribution in [3.05, 3.63) is 71.8 Å². The zero-order valence-electron chi connectivity index (χ0n) is 21.5. The molecule has 6 atom stereocenters. The molecule has 0 bridgehead atoms. The predicted molar refractivity (Wildman–Crippen MR) is 134 cm³/mol. The van der Waals surface area contributed by atoms with Crippen LogP contribution in [0.2, 0.25) is 0 Å². The smallest absolute Gasteiger partial charge is 0.228 e. The van der Waals surface area contributed by atoms with E-state index >= 15 is 0 Å². The molecule has 5 rings (SSSR count). The Kier molecular flexibility index (Phi) is 6.09. The number of carbonyl (C=O) groups excluding carboxylic acids is 1. The summed E-state index contributed by atoms with van der Waals surface area (Å²) >= 11 is 0. The quantitative estimate of drug-likeness (QED) is 0.623. The third-order valence-electron chi connectivity index (χ3n) is 7.88. The molecule has 0 spiro atoms. The molecule has 8 heteroatoms. The second-order valence-electron chi connectivity index (χ2n) is 9.81. The van der Waals surface area contributed by atoms with Crippen LogP contribution in [0.1, 0.15) is 17.5 Å². The molecule has 0 saturated heterocycles. The van der Waals surface area contributed by atoms with Gasteiger partial charge in [0.05, 0.1) is 32.8 Å². The summed E-state index contributed by atoms with van der Waals surface area (Å²) in [6.45, 7) is 0. The van der Waals surface area contributed by atoms with Gasteiger partial charge in [0.2, 0.25) is 5.91 Å². The number of benzene rings is 1. The van der Waals surface area contributed by atoms with Gasteiger partial charge in [-0.05, 0) is 30.5 Å². The molecule has 8 nitrogen and oxygen atoms in total. The number of methoxy groups -OCH3 is 3. The fraction of sp³-hybridized carbons (Fsp3) is 0.414. The monoisotopic (exact) mass is 505 g/mol. The van der Waals surface area contributed by atoms with E-state index in [9.17, 15) is 15.0 Å². The Morgan fingerprint density at radius 3 is 2.46 bits per heavy atom. The van der Waals surface area contributed by atoms with E-state index < -0.39 is 29.1 Å². The summed E-state index contributed by atoms with van der Waals surface area (Å²) in [4.78, 5) is 15.1.